The summed E-state index contributed by atoms with van der Waals surface area (Å²) >= 11 is 6.08. The monoisotopic (exact) mass is 272 g/mol. The number of ketones is 1. The second-order valence-electron chi connectivity index (χ2n) is 4.99. The van der Waals surface area contributed by atoms with E-state index in [4.69, 9.17) is 11.6 Å². The van der Waals surface area contributed by atoms with Crippen LogP contribution in [0.2, 0.25) is 5.02 Å². The summed E-state index contributed by atoms with van der Waals surface area (Å²) in [5.41, 5.74) is 5.52. The fourth-order valence-corrected chi connectivity index (χ4v) is 2.39. The van der Waals surface area contributed by atoms with Gasteiger partial charge in [-0.15, -0.1) is 0 Å². The van der Waals surface area contributed by atoms with Crippen molar-refractivity contribution in [1.82, 2.24) is 0 Å². The van der Waals surface area contributed by atoms with Crippen molar-refractivity contribution in [3.8, 4) is 0 Å². The Morgan fingerprint density at radius 2 is 1.58 bits per heavy atom. The third-order valence-electron chi connectivity index (χ3n) is 3.60. The lowest BCUT2D eigenvalue weighted by Crippen LogP contribution is -2.07. The zero-order valence-electron chi connectivity index (χ0n) is 11.7. The summed E-state index contributed by atoms with van der Waals surface area (Å²) in [7, 11) is 0. The number of rotatable bonds is 2. The third-order valence-corrected chi connectivity index (χ3v) is 4.01. The molecule has 2 rings (SSSR count). The molecule has 0 aromatic heterocycles. The van der Waals surface area contributed by atoms with Crippen LogP contribution in [0.1, 0.15) is 38.2 Å². The highest BCUT2D eigenvalue weighted by Crippen LogP contribution is 2.24. The Morgan fingerprint density at radius 1 is 0.895 bits per heavy atom. The minimum atomic E-state index is 0.0680. The van der Waals surface area contributed by atoms with Crippen LogP contribution in [0, 0.1) is 27.7 Å². The van der Waals surface area contributed by atoms with Gasteiger partial charge in [0.05, 0.1) is 0 Å². The molecule has 0 spiro atoms. The van der Waals surface area contributed by atoms with Gasteiger partial charge in [-0.3, -0.25) is 4.79 Å². The Hall–Kier alpha value is -1.60. The van der Waals surface area contributed by atoms with Crippen LogP contribution in [0.15, 0.2) is 30.3 Å². The second kappa shape index (κ2) is 5.18. The summed E-state index contributed by atoms with van der Waals surface area (Å²) in [6.07, 6.45) is 0. The van der Waals surface area contributed by atoms with Crippen LogP contribution in [0.5, 0.6) is 0 Å². The first kappa shape index (κ1) is 13.8. The maximum Gasteiger partial charge on any atom is 0.193 e. The zero-order valence-corrected chi connectivity index (χ0v) is 12.4. The molecule has 0 bridgehead atoms. The highest BCUT2D eigenvalue weighted by molar-refractivity contribution is 6.31. The van der Waals surface area contributed by atoms with Crippen molar-refractivity contribution in [2.24, 2.45) is 0 Å². The minimum absolute atomic E-state index is 0.0680. The molecule has 0 aliphatic rings. The first-order valence-corrected chi connectivity index (χ1v) is 6.67. The van der Waals surface area contributed by atoms with Crippen molar-refractivity contribution in [1.29, 1.82) is 0 Å². The van der Waals surface area contributed by atoms with E-state index in [1.165, 1.54) is 0 Å². The number of aryl methyl sites for hydroxylation is 3. The molecule has 98 valence electrons. The molecule has 0 saturated carbocycles. The van der Waals surface area contributed by atoms with Gasteiger partial charge in [-0.05, 0) is 62.1 Å². The first-order valence-electron chi connectivity index (χ1n) is 6.29. The van der Waals surface area contributed by atoms with Crippen LogP contribution in [-0.4, -0.2) is 5.78 Å². The Labute approximate surface area is 119 Å². The molecule has 0 amide bonds. The maximum atomic E-state index is 12.7. The van der Waals surface area contributed by atoms with Crippen molar-refractivity contribution in [2.75, 3.05) is 0 Å². The predicted molar refractivity (Wildman–Crippen MR) is 80.3 cm³/mol. The quantitative estimate of drug-likeness (QED) is 0.718. The number of halogens is 1. The fourth-order valence-electron chi connectivity index (χ4n) is 2.17. The zero-order chi connectivity index (χ0) is 14.2. The average Bonchev–Trinajstić information content (AvgIpc) is 2.36. The van der Waals surface area contributed by atoms with Gasteiger partial charge in [0.1, 0.15) is 0 Å². The van der Waals surface area contributed by atoms with Crippen molar-refractivity contribution in [3.63, 3.8) is 0 Å². The molecule has 0 aliphatic heterocycles. The SMILES string of the molecule is Cc1cc(C(=O)c2cccc(C)c2C)c(C)cc1Cl. The molecular formula is C17H17ClO. The van der Waals surface area contributed by atoms with Crippen molar-refractivity contribution < 1.29 is 4.79 Å². The van der Waals surface area contributed by atoms with Gasteiger partial charge >= 0.3 is 0 Å². The molecule has 0 heterocycles. The van der Waals surface area contributed by atoms with Crippen LogP contribution in [-0.2, 0) is 0 Å². The van der Waals surface area contributed by atoms with Gasteiger partial charge in [-0.25, -0.2) is 0 Å². The Balaban J connectivity index is 2.56. The summed E-state index contributed by atoms with van der Waals surface area (Å²) in [4.78, 5) is 12.7. The van der Waals surface area contributed by atoms with Gasteiger partial charge < -0.3 is 0 Å². The Morgan fingerprint density at radius 3 is 2.26 bits per heavy atom. The van der Waals surface area contributed by atoms with E-state index in [1.54, 1.807) is 0 Å². The lowest BCUT2D eigenvalue weighted by atomic mass is 9.93. The van der Waals surface area contributed by atoms with Gasteiger partial charge in [-0.2, -0.15) is 0 Å². The van der Waals surface area contributed by atoms with E-state index >= 15 is 0 Å². The van der Waals surface area contributed by atoms with Gasteiger partial charge in [0.15, 0.2) is 5.78 Å². The predicted octanol–water partition coefficient (Wildman–Crippen LogP) is 4.80. The van der Waals surface area contributed by atoms with E-state index in [-0.39, 0.29) is 5.78 Å². The summed E-state index contributed by atoms with van der Waals surface area (Å²) in [5.74, 6) is 0.0680. The van der Waals surface area contributed by atoms with Gasteiger partial charge in [0.2, 0.25) is 0 Å². The van der Waals surface area contributed by atoms with Gasteiger partial charge in [-0.1, -0.05) is 29.8 Å². The van der Waals surface area contributed by atoms with Crippen molar-refractivity contribution in [3.05, 3.63) is 68.7 Å². The molecule has 0 atom stereocenters. The maximum absolute atomic E-state index is 12.7. The summed E-state index contributed by atoms with van der Waals surface area (Å²) in [6.45, 7) is 7.85. The molecule has 2 aromatic rings. The Bertz CT molecular complexity index is 657. The second-order valence-corrected chi connectivity index (χ2v) is 5.40. The minimum Gasteiger partial charge on any atom is -0.289 e. The Kier molecular flexibility index (Phi) is 3.77. The largest absolute Gasteiger partial charge is 0.289 e. The molecule has 0 fully saturated rings. The highest BCUT2D eigenvalue weighted by Gasteiger charge is 2.15. The number of carbonyl (C=O) groups is 1. The molecule has 1 nitrogen and oxygen atoms in total. The van der Waals surface area contributed by atoms with E-state index in [2.05, 4.69) is 0 Å². The van der Waals surface area contributed by atoms with Crippen LogP contribution >= 0.6 is 11.6 Å². The molecule has 0 N–H and O–H groups in total. The van der Waals surface area contributed by atoms with E-state index in [0.29, 0.717) is 5.02 Å². The molecule has 19 heavy (non-hydrogen) atoms. The van der Waals surface area contributed by atoms with E-state index in [1.807, 2.05) is 58.0 Å². The normalized spacial score (nSPS) is 10.6. The topological polar surface area (TPSA) is 17.1 Å². The smallest absolute Gasteiger partial charge is 0.193 e. The molecule has 0 unspecified atom stereocenters. The fraction of sp³-hybridized carbons (Fsp3) is 0.235. The third kappa shape index (κ3) is 2.57. The van der Waals surface area contributed by atoms with E-state index < -0.39 is 0 Å². The lowest BCUT2D eigenvalue weighted by Gasteiger charge is -2.11. The van der Waals surface area contributed by atoms with E-state index in [9.17, 15) is 4.79 Å². The first-order chi connectivity index (χ1) is 8.91. The summed E-state index contributed by atoms with van der Waals surface area (Å²) in [5, 5.41) is 0.704. The molecule has 0 aliphatic carbocycles. The summed E-state index contributed by atoms with van der Waals surface area (Å²) in [6, 6.07) is 9.56. The number of hydrogen-bond donors (Lipinski definition) is 0. The number of carbonyl (C=O) groups excluding carboxylic acids is 1. The van der Waals surface area contributed by atoms with E-state index in [0.717, 1.165) is 33.4 Å². The standard InChI is InChI=1S/C17H17ClO/c1-10-6-5-7-14(13(10)4)17(19)15-8-12(3)16(18)9-11(15)2/h5-9H,1-4H3. The summed E-state index contributed by atoms with van der Waals surface area (Å²) < 4.78 is 0. The van der Waals surface area contributed by atoms with Crippen LogP contribution in [0.4, 0.5) is 0 Å². The average molecular weight is 273 g/mol. The lowest BCUT2D eigenvalue weighted by molar-refractivity contribution is 0.103. The number of hydrogen-bond acceptors (Lipinski definition) is 1. The van der Waals surface area contributed by atoms with Gasteiger partial charge in [0.25, 0.3) is 0 Å². The molecule has 0 radical (unpaired) electrons. The van der Waals surface area contributed by atoms with Crippen LogP contribution in [0.25, 0.3) is 0 Å². The number of benzene rings is 2. The molecule has 2 aromatic carbocycles. The highest BCUT2D eigenvalue weighted by atomic mass is 35.5. The van der Waals surface area contributed by atoms with Crippen molar-refractivity contribution in [2.45, 2.75) is 27.7 Å². The van der Waals surface area contributed by atoms with Gasteiger partial charge in [0, 0.05) is 16.1 Å². The van der Waals surface area contributed by atoms with Crippen LogP contribution < -0.4 is 0 Å². The molecular weight excluding hydrogens is 256 g/mol. The van der Waals surface area contributed by atoms with Crippen molar-refractivity contribution >= 4 is 17.4 Å². The molecule has 0 saturated heterocycles. The van der Waals surface area contributed by atoms with Crippen LogP contribution in [0.3, 0.4) is 0 Å². The molecule has 2 heteroatoms.